The smallest absolute Gasteiger partial charge is 0.232 e. The Kier molecular flexibility index (Phi) is 5.90. The van der Waals surface area contributed by atoms with Crippen LogP contribution in [0.15, 0.2) is 36.1 Å². The van der Waals surface area contributed by atoms with Gasteiger partial charge >= 0.3 is 0 Å². The molecule has 0 saturated carbocycles. The third-order valence-electron chi connectivity index (χ3n) is 5.96. The SMILES string of the molecule is Cc1ccccc1/C=C1\Oc2c(CN3CCN(CCO)CC3)c(O)cc(C)c2C1=O. The molecule has 0 unspecified atom stereocenters. The summed E-state index contributed by atoms with van der Waals surface area (Å²) in [6, 6.07) is 9.51. The molecule has 0 atom stereocenters. The fraction of sp³-hybridized carbons (Fsp3) is 0.375. The Morgan fingerprint density at radius 1 is 1.07 bits per heavy atom. The van der Waals surface area contributed by atoms with E-state index in [4.69, 9.17) is 9.84 Å². The van der Waals surface area contributed by atoms with E-state index in [-0.39, 0.29) is 18.1 Å². The van der Waals surface area contributed by atoms with Gasteiger partial charge in [0.15, 0.2) is 5.76 Å². The third kappa shape index (κ3) is 3.99. The van der Waals surface area contributed by atoms with Crippen molar-refractivity contribution in [2.75, 3.05) is 39.3 Å². The Labute approximate surface area is 177 Å². The minimum atomic E-state index is -0.139. The highest BCUT2D eigenvalue weighted by molar-refractivity contribution is 6.15. The van der Waals surface area contributed by atoms with E-state index in [2.05, 4.69) is 9.80 Å². The molecule has 6 heteroatoms. The van der Waals surface area contributed by atoms with Gasteiger partial charge in [0.25, 0.3) is 0 Å². The van der Waals surface area contributed by atoms with Crippen molar-refractivity contribution < 1.29 is 19.7 Å². The number of ether oxygens (including phenoxy) is 1. The van der Waals surface area contributed by atoms with Crippen LogP contribution < -0.4 is 4.74 Å². The molecule has 30 heavy (non-hydrogen) atoms. The van der Waals surface area contributed by atoms with Crippen molar-refractivity contribution in [3.05, 3.63) is 63.9 Å². The minimum absolute atomic E-state index is 0.139. The molecule has 2 aliphatic rings. The first-order valence-corrected chi connectivity index (χ1v) is 10.4. The molecule has 1 saturated heterocycles. The highest BCUT2D eigenvalue weighted by Crippen LogP contribution is 2.42. The fourth-order valence-corrected chi connectivity index (χ4v) is 4.16. The first kappa shape index (κ1) is 20.6. The summed E-state index contributed by atoms with van der Waals surface area (Å²) in [5.74, 6) is 0.797. The van der Waals surface area contributed by atoms with E-state index in [1.807, 2.05) is 38.1 Å². The van der Waals surface area contributed by atoms with Gasteiger partial charge in [0.2, 0.25) is 5.78 Å². The molecule has 2 aliphatic heterocycles. The Hall–Kier alpha value is -2.67. The molecule has 6 nitrogen and oxygen atoms in total. The summed E-state index contributed by atoms with van der Waals surface area (Å²) in [5, 5.41) is 19.8. The number of aliphatic hydroxyl groups excluding tert-OH is 1. The van der Waals surface area contributed by atoms with E-state index >= 15 is 0 Å². The second-order valence-electron chi connectivity index (χ2n) is 8.03. The summed E-state index contributed by atoms with van der Waals surface area (Å²) >= 11 is 0. The molecular weight excluding hydrogens is 380 g/mol. The summed E-state index contributed by atoms with van der Waals surface area (Å²) < 4.78 is 6.05. The van der Waals surface area contributed by atoms with Gasteiger partial charge in [-0.2, -0.15) is 0 Å². The van der Waals surface area contributed by atoms with E-state index in [9.17, 15) is 9.90 Å². The van der Waals surface area contributed by atoms with Crippen LogP contribution in [0.4, 0.5) is 0 Å². The molecule has 0 spiro atoms. The number of aromatic hydroxyl groups is 1. The number of allylic oxidation sites excluding steroid dienone is 1. The number of rotatable bonds is 5. The summed E-state index contributed by atoms with van der Waals surface area (Å²) in [7, 11) is 0. The topological polar surface area (TPSA) is 73.2 Å². The summed E-state index contributed by atoms with van der Waals surface area (Å²) in [6.07, 6.45) is 1.78. The Morgan fingerprint density at radius 3 is 2.47 bits per heavy atom. The average molecular weight is 408 g/mol. The zero-order valence-corrected chi connectivity index (χ0v) is 17.5. The molecule has 4 rings (SSSR count). The van der Waals surface area contributed by atoms with Gasteiger partial charge in [0.1, 0.15) is 11.5 Å². The second-order valence-corrected chi connectivity index (χ2v) is 8.03. The lowest BCUT2D eigenvalue weighted by molar-refractivity contribution is 0.101. The van der Waals surface area contributed by atoms with Crippen LogP contribution in [0, 0.1) is 13.8 Å². The van der Waals surface area contributed by atoms with Crippen molar-refractivity contribution in [2.45, 2.75) is 20.4 Å². The van der Waals surface area contributed by atoms with E-state index in [1.165, 1.54) is 0 Å². The van der Waals surface area contributed by atoms with Crippen LogP contribution >= 0.6 is 0 Å². The van der Waals surface area contributed by atoms with Gasteiger partial charge in [-0.25, -0.2) is 0 Å². The summed E-state index contributed by atoms with van der Waals surface area (Å²) in [4.78, 5) is 17.6. The van der Waals surface area contributed by atoms with Crippen LogP contribution in [-0.4, -0.2) is 65.1 Å². The van der Waals surface area contributed by atoms with Gasteiger partial charge in [-0.1, -0.05) is 24.3 Å². The van der Waals surface area contributed by atoms with Crippen LogP contribution in [0.1, 0.15) is 32.6 Å². The van der Waals surface area contributed by atoms with Crippen LogP contribution in [0.25, 0.3) is 6.08 Å². The zero-order valence-electron chi connectivity index (χ0n) is 17.5. The van der Waals surface area contributed by atoms with Crippen LogP contribution in [-0.2, 0) is 6.54 Å². The van der Waals surface area contributed by atoms with Crippen molar-refractivity contribution >= 4 is 11.9 Å². The number of phenolic OH excluding ortho intramolecular Hbond substituents is 1. The number of phenols is 1. The van der Waals surface area contributed by atoms with E-state index < -0.39 is 0 Å². The van der Waals surface area contributed by atoms with Crippen LogP contribution in [0.3, 0.4) is 0 Å². The van der Waals surface area contributed by atoms with E-state index in [0.29, 0.717) is 35.7 Å². The highest BCUT2D eigenvalue weighted by Gasteiger charge is 2.34. The monoisotopic (exact) mass is 408 g/mol. The lowest BCUT2D eigenvalue weighted by atomic mass is 9.98. The molecule has 158 valence electrons. The molecule has 1 fully saturated rings. The molecule has 0 bridgehead atoms. The van der Waals surface area contributed by atoms with Crippen molar-refractivity contribution in [1.29, 1.82) is 0 Å². The number of aliphatic hydroxyl groups is 1. The number of piperazine rings is 1. The number of aryl methyl sites for hydroxylation is 2. The Balaban J connectivity index is 1.61. The van der Waals surface area contributed by atoms with Crippen molar-refractivity contribution in [2.24, 2.45) is 0 Å². The lowest BCUT2D eigenvalue weighted by Crippen LogP contribution is -2.46. The molecule has 2 heterocycles. The van der Waals surface area contributed by atoms with Gasteiger partial charge in [-0.3, -0.25) is 14.6 Å². The van der Waals surface area contributed by atoms with Gasteiger partial charge in [-0.05, 0) is 42.7 Å². The number of carbonyl (C=O) groups excluding carboxylic acids is 1. The van der Waals surface area contributed by atoms with Gasteiger partial charge in [0, 0.05) is 39.3 Å². The number of hydrogen-bond acceptors (Lipinski definition) is 6. The number of nitrogens with zero attached hydrogens (tertiary/aromatic N) is 2. The maximum atomic E-state index is 13.1. The van der Waals surface area contributed by atoms with Gasteiger partial charge in [0.05, 0.1) is 17.7 Å². The average Bonchev–Trinajstić information content (AvgIpc) is 3.05. The van der Waals surface area contributed by atoms with E-state index in [0.717, 1.165) is 42.9 Å². The quantitative estimate of drug-likeness (QED) is 0.742. The summed E-state index contributed by atoms with van der Waals surface area (Å²) in [6.45, 7) is 8.60. The number of carbonyl (C=O) groups is 1. The first-order chi connectivity index (χ1) is 14.5. The molecule has 2 N–H and O–H groups in total. The molecule has 0 aromatic heterocycles. The van der Waals surface area contributed by atoms with Gasteiger partial charge < -0.3 is 14.9 Å². The molecule has 0 amide bonds. The highest BCUT2D eigenvalue weighted by atomic mass is 16.5. The van der Waals surface area contributed by atoms with Crippen molar-refractivity contribution in [3.63, 3.8) is 0 Å². The number of β-amino-alcohol motifs (C(OH)–C–C–N with tert-alkyl or cyclic N) is 1. The molecule has 2 aromatic rings. The lowest BCUT2D eigenvalue weighted by Gasteiger charge is -2.34. The van der Waals surface area contributed by atoms with E-state index in [1.54, 1.807) is 12.1 Å². The maximum Gasteiger partial charge on any atom is 0.232 e. The molecule has 2 aromatic carbocycles. The number of ketones is 1. The van der Waals surface area contributed by atoms with Gasteiger partial charge in [-0.15, -0.1) is 0 Å². The minimum Gasteiger partial charge on any atom is -0.507 e. The predicted octanol–water partition coefficient (Wildman–Crippen LogP) is 2.74. The maximum absolute atomic E-state index is 13.1. The van der Waals surface area contributed by atoms with Crippen LogP contribution in [0.5, 0.6) is 11.5 Å². The number of fused-ring (bicyclic) bond motifs is 1. The Bertz CT molecular complexity index is 991. The molecular formula is C24H28N2O4. The molecule has 0 radical (unpaired) electrons. The van der Waals surface area contributed by atoms with Crippen LogP contribution in [0.2, 0.25) is 0 Å². The molecule has 0 aliphatic carbocycles. The van der Waals surface area contributed by atoms with Crippen molar-refractivity contribution in [3.8, 4) is 11.5 Å². The second kappa shape index (κ2) is 8.60. The third-order valence-corrected chi connectivity index (χ3v) is 5.96. The number of Topliss-reactive ketones (excluding diaryl/α,β-unsaturated/α-hetero) is 1. The number of hydrogen-bond donors (Lipinski definition) is 2. The van der Waals surface area contributed by atoms with Crippen molar-refractivity contribution in [1.82, 2.24) is 9.80 Å². The first-order valence-electron chi connectivity index (χ1n) is 10.4. The Morgan fingerprint density at radius 2 is 1.77 bits per heavy atom. The predicted molar refractivity (Wildman–Crippen MR) is 116 cm³/mol. The fourth-order valence-electron chi connectivity index (χ4n) is 4.16. The number of benzene rings is 2. The largest absolute Gasteiger partial charge is 0.507 e. The summed E-state index contributed by atoms with van der Waals surface area (Å²) in [5.41, 5.74) is 3.93. The zero-order chi connectivity index (χ0) is 21.3. The normalized spacial score (nSPS) is 18.6. The standard InChI is InChI=1S/C24H28N2O4/c1-16-5-3-4-6-18(16)14-21-23(29)22-17(2)13-20(28)19(24(22)30-21)15-26-9-7-25(8-10-26)11-12-27/h3-6,13-14,27-28H,7-12,15H2,1-2H3/b21-14-.